The van der Waals surface area contributed by atoms with Crippen molar-refractivity contribution >= 4 is 9.52 Å². The van der Waals surface area contributed by atoms with Crippen molar-refractivity contribution in [2.45, 2.75) is 6.55 Å². The Balaban J connectivity index is 2.76. The molecule has 0 saturated heterocycles. The van der Waals surface area contributed by atoms with Crippen LogP contribution in [0.2, 0.25) is 6.55 Å². The smallest absolute Gasteiger partial charge is 0.123 e. The molecule has 1 aromatic rings. The van der Waals surface area contributed by atoms with Gasteiger partial charge in [-0.05, 0) is 12.1 Å². The third-order valence-electron chi connectivity index (χ3n) is 1.13. The summed E-state index contributed by atoms with van der Waals surface area (Å²) in [6.45, 7) is 2.13. The molecule has 0 aliphatic rings. The summed E-state index contributed by atoms with van der Waals surface area (Å²) in [7, 11) is 0.316. The zero-order valence-electron chi connectivity index (χ0n) is 5.96. The van der Waals surface area contributed by atoms with Crippen LogP contribution in [0, 0.1) is 11.5 Å². The van der Waals surface area contributed by atoms with Gasteiger partial charge in [0.1, 0.15) is 9.52 Å². The lowest BCUT2D eigenvalue weighted by atomic mass is 10.2. The minimum absolute atomic E-state index is 0.316. The van der Waals surface area contributed by atoms with Gasteiger partial charge in [-0.1, -0.05) is 30.7 Å². The van der Waals surface area contributed by atoms with Crippen molar-refractivity contribution in [3.05, 3.63) is 35.9 Å². The summed E-state index contributed by atoms with van der Waals surface area (Å²) in [6.07, 6.45) is 0. The molecule has 0 aromatic heterocycles. The average molecular weight is 145 g/mol. The Morgan fingerprint density at radius 2 is 1.90 bits per heavy atom. The van der Waals surface area contributed by atoms with Gasteiger partial charge in [-0.2, -0.15) is 0 Å². The summed E-state index contributed by atoms with van der Waals surface area (Å²) in [4.78, 5) is 0. The van der Waals surface area contributed by atoms with E-state index < -0.39 is 0 Å². The molecule has 0 amide bonds. The number of hydrogen-bond acceptors (Lipinski definition) is 0. The van der Waals surface area contributed by atoms with Crippen LogP contribution in [0.1, 0.15) is 5.56 Å². The van der Waals surface area contributed by atoms with E-state index in [1.165, 1.54) is 0 Å². The van der Waals surface area contributed by atoms with Crippen LogP contribution in [0.3, 0.4) is 0 Å². The maximum absolute atomic E-state index is 3.10. The first-order valence-electron chi connectivity index (χ1n) is 3.28. The van der Waals surface area contributed by atoms with Gasteiger partial charge in [0, 0.05) is 5.56 Å². The van der Waals surface area contributed by atoms with Gasteiger partial charge < -0.3 is 0 Å². The highest BCUT2D eigenvalue weighted by atomic mass is 28.2. The molecule has 0 nitrogen and oxygen atoms in total. The quantitative estimate of drug-likeness (QED) is 0.383. The molecule has 1 heteroatoms. The maximum Gasteiger partial charge on any atom is 0.123 e. The second-order valence-electron chi connectivity index (χ2n) is 1.92. The molecule has 0 spiro atoms. The van der Waals surface area contributed by atoms with Crippen molar-refractivity contribution in [2.24, 2.45) is 0 Å². The summed E-state index contributed by atoms with van der Waals surface area (Å²) < 4.78 is 0. The van der Waals surface area contributed by atoms with Gasteiger partial charge in [-0.3, -0.25) is 0 Å². The molecule has 0 atom stereocenters. The number of hydrogen-bond donors (Lipinski definition) is 0. The molecule has 0 unspecified atom stereocenters. The van der Waals surface area contributed by atoms with E-state index in [9.17, 15) is 0 Å². The van der Waals surface area contributed by atoms with Crippen LogP contribution < -0.4 is 0 Å². The highest BCUT2D eigenvalue weighted by Crippen LogP contribution is 1.93. The van der Waals surface area contributed by atoms with E-state index in [1.54, 1.807) is 0 Å². The summed E-state index contributed by atoms with van der Waals surface area (Å²) in [6, 6.07) is 10.1. The van der Waals surface area contributed by atoms with Crippen LogP contribution in [-0.2, 0) is 0 Å². The molecule has 1 rings (SSSR count). The second-order valence-corrected chi connectivity index (χ2v) is 2.79. The van der Waals surface area contributed by atoms with Crippen LogP contribution in [0.25, 0.3) is 0 Å². The van der Waals surface area contributed by atoms with Crippen molar-refractivity contribution in [3.63, 3.8) is 0 Å². The van der Waals surface area contributed by atoms with Crippen molar-refractivity contribution in [3.8, 4) is 11.5 Å². The van der Waals surface area contributed by atoms with E-state index in [4.69, 9.17) is 0 Å². The maximum atomic E-state index is 3.10. The third kappa shape index (κ3) is 2.08. The Kier molecular flexibility index (Phi) is 2.78. The van der Waals surface area contributed by atoms with Gasteiger partial charge in [-0.25, -0.2) is 0 Å². The van der Waals surface area contributed by atoms with E-state index >= 15 is 0 Å². The molecule has 0 saturated carbocycles. The lowest BCUT2D eigenvalue weighted by molar-refractivity contribution is 1.65. The van der Waals surface area contributed by atoms with Gasteiger partial charge in [0.05, 0.1) is 0 Å². The Bertz CT molecular complexity index is 240. The highest BCUT2D eigenvalue weighted by Gasteiger charge is 1.78. The summed E-state index contributed by atoms with van der Waals surface area (Å²) in [5.41, 5.74) is 4.22. The van der Waals surface area contributed by atoms with Gasteiger partial charge in [0.25, 0.3) is 0 Å². The molecule has 0 N–H and O–H groups in total. The molecule has 0 heterocycles. The lowest BCUT2D eigenvalue weighted by Gasteiger charge is -1.84. The standard InChI is InChI=1S/C9H9Si/c1-10-8-7-9-5-3-2-4-6-9/h2-6,10H,1H3. The Morgan fingerprint density at radius 3 is 2.50 bits per heavy atom. The predicted octanol–water partition coefficient (Wildman–Crippen LogP) is 1.48. The van der Waals surface area contributed by atoms with E-state index in [0.717, 1.165) is 5.56 Å². The summed E-state index contributed by atoms with van der Waals surface area (Å²) in [5, 5.41) is 0. The van der Waals surface area contributed by atoms with E-state index in [2.05, 4.69) is 18.0 Å². The summed E-state index contributed by atoms with van der Waals surface area (Å²) >= 11 is 0. The number of benzene rings is 1. The van der Waals surface area contributed by atoms with Crippen LogP contribution in [0.4, 0.5) is 0 Å². The van der Waals surface area contributed by atoms with Gasteiger partial charge in [0.15, 0.2) is 0 Å². The van der Waals surface area contributed by atoms with Crippen molar-refractivity contribution < 1.29 is 0 Å². The first-order chi connectivity index (χ1) is 4.93. The van der Waals surface area contributed by atoms with Crippen LogP contribution in [-0.4, -0.2) is 9.52 Å². The fraction of sp³-hybridized carbons (Fsp3) is 0.111. The monoisotopic (exact) mass is 145 g/mol. The molecule has 49 valence electrons. The van der Waals surface area contributed by atoms with Crippen LogP contribution >= 0.6 is 0 Å². The summed E-state index contributed by atoms with van der Waals surface area (Å²) in [5.74, 6) is 3.08. The fourth-order valence-electron chi connectivity index (χ4n) is 0.677. The predicted molar refractivity (Wildman–Crippen MR) is 46.3 cm³/mol. The molecular weight excluding hydrogens is 136 g/mol. The normalized spacial score (nSPS) is 8.10. The molecule has 0 aliphatic heterocycles. The molecule has 0 bridgehead atoms. The van der Waals surface area contributed by atoms with E-state index in [-0.39, 0.29) is 0 Å². The minimum Gasteiger partial charge on any atom is -0.133 e. The second kappa shape index (κ2) is 3.92. The van der Waals surface area contributed by atoms with Crippen molar-refractivity contribution in [1.29, 1.82) is 0 Å². The molecule has 1 radical (unpaired) electrons. The Labute approximate surface area is 64.1 Å². The van der Waals surface area contributed by atoms with Crippen LogP contribution in [0.5, 0.6) is 0 Å². The lowest BCUT2D eigenvalue weighted by Crippen LogP contribution is -1.74. The average Bonchev–Trinajstić information content (AvgIpc) is 2.03. The molecular formula is C9H9Si. The van der Waals surface area contributed by atoms with Crippen molar-refractivity contribution in [2.75, 3.05) is 0 Å². The zero-order chi connectivity index (χ0) is 7.23. The SMILES string of the molecule is C[SiH]C#Cc1ccccc1. The van der Waals surface area contributed by atoms with E-state index in [1.807, 2.05) is 30.3 Å². The molecule has 1 aromatic carbocycles. The fourth-order valence-corrected chi connectivity index (χ4v) is 0.988. The number of rotatable bonds is 0. The Morgan fingerprint density at radius 1 is 1.20 bits per heavy atom. The van der Waals surface area contributed by atoms with Crippen molar-refractivity contribution in [1.82, 2.24) is 0 Å². The minimum atomic E-state index is 0.316. The first-order valence-corrected chi connectivity index (χ1v) is 5.01. The Hall–Kier alpha value is -1.00. The topological polar surface area (TPSA) is 0 Å². The molecule has 0 fully saturated rings. The van der Waals surface area contributed by atoms with Gasteiger partial charge in [-0.15, -0.1) is 5.54 Å². The first kappa shape index (κ1) is 7.11. The molecule has 0 aliphatic carbocycles. The van der Waals surface area contributed by atoms with E-state index in [0.29, 0.717) is 9.52 Å². The molecule has 10 heavy (non-hydrogen) atoms. The zero-order valence-corrected chi connectivity index (χ0v) is 7.12. The third-order valence-corrected chi connectivity index (χ3v) is 1.57. The highest BCUT2D eigenvalue weighted by molar-refractivity contribution is 6.44. The van der Waals surface area contributed by atoms with Gasteiger partial charge in [0.2, 0.25) is 0 Å². The van der Waals surface area contributed by atoms with Crippen LogP contribution in [0.15, 0.2) is 30.3 Å². The largest absolute Gasteiger partial charge is 0.133 e. The van der Waals surface area contributed by atoms with Gasteiger partial charge >= 0.3 is 0 Å².